The maximum Gasteiger partial charge on any atom is 0.259 e. The van der Waals surface area contributed by atoms with Crippen LogP contribution >= 0.6 is 11.6 Å². The molecule has 144 valence electrons. The van der Waals surface area contributed by atoms with Crippen LogP contribution in [0.3, 0.4) is 0 Å². The van der Waals surface area contributed by atoms with Gasteiger partial charge in [0.25, 0.3) is 5.91 Å². The molecular weight excluding hydrogens is 374 g/mol. The maximum atomic E-state index is 13.1. The van der Waals surface area contributed by atoms with E-state index in [0.29, 0.717) is 28.6 Å². The van der Waals surface area contributed by atoms with Gasteiger partial charge in [0.05, 0.1) is 22.9 Å². The number of nitrogens with one attached hydrogen (secondary N) is 1. The van der Waals surface area contributed by atoms with Crippen LogP contribution in [0.2, 0.25) is 5.02 Å². The number of hydrogen-bond acceptors (Lipinski definition) is 3. The molecule has 1 N–H and O–H groups in total. The number of rotatable bonds is 4. The molecule has 5 heteroatoms. The van der Waals surface area contributed by atoms with Crippen LogP contribution in [-0.2, 0) is 4.74 Å². The number of halogens is 1. The van der Waals surface area contributed by atoms with Gasteiger partial charge in [-0.2, -0.15) is 0 Å². The van der Waals surface area contributed by atoms with E-state index in [0.717, 1.165) is 35.6 Å². The Kier molecular flexibility index (Phi) is 5.51. The van der Waals surface area contributed by atoms with Crippen molar-refractivity contribution in [1.82, 2.24) is 0 Å². The van der Waals surface area contributed by atoms with Crippen LogP contribution in [0.4, 0.5) is 5.69 Å². The van der Waals surface area contributed by atoms with Crippen molar-refractivity contribution in [1.29, 1.82) is 0 Å². The van der Waals surface area contributed by atoms with Gasteiger partial charge in [0, 0.05) is 11.8 Å². The highest BCUT2D eigenvalue weighted by Crippen LogP contribution is 2.35. The summed E-state index contributed by atoms with van der Waals surface area (Å²) in [7, 11) is 0. The molecular formula is C23H22ClNO3. The lowest BCUT2D eigenvalue weighted by Crippen LogP contribution is -2.26. The molecule has 0 aliphatic carbocycles. The van der Waals surface area contributed by atoms with E-state index in [-0.39, 0.29) is 12.2 Å². The Hall–Kier alpha value is -2.56. The first-order valence-corrected chi connectivity index (χ1v) is 9.88. The standard InChI is InChI=1S/C23H22ClNO3/c1-15-14-18(23(26)25-20-11-5-4-10-19(20)24)22(17-9-3-2-8-16(15)17)28-21-12-6-7-13-27-21/h2-5,8-11,14,21H,6-7,12-13H2,1H3,(H,25,26). The fourth-order valence-electron chi connectivity index (χ4n) is 3.51. The summed E-state index contributed by atoms with van der Waals surface area (Å²) in [6.07, 6.45) is 2.56. The molecule has 4 nitrogen and oxygen atoms in total. The molecule has 0 saturated carbocycles. The van der Waals surface area contributed by atoms with Crippen LogP contribution in [0.5, 0.6) is 5.75 Å². The molecule has 1 saturated heterocycles. The first-order valence-electron chi connectivity index (χ1n) is 9.50. The number of amides is 1. The van der Waals surface area contributed by atoms with Crippen molar-refractivity contribution in [3.63, 3.8) is 0 Å². The lowest BCUT2D eigenvalue weighted by atomic mass is 9.99. The largest absolute Gasteiger partial charge is 0.463 e. The second-order valence-electron chi connectivity index (χ2n) is 6.96. The highest BCUT2D eigenvalue weighted by atomic mass is 35.5. The summed E-state index contributed by atoms with van der Waals surface area (Å²) in [6.45, 7) is 2.67. The molecule has 3 aromatic carbocycles. The average molecular weight is 396 g/mol. The number of anilines is 1. The monoisotopic (exact) mass is 395 g/mol. The quantitative estimate of drug-likeness (QED) is 0.592. The zero-order valence-corrected chi connectivity index (χ0v) is 16.5. The van der Waals surface area contributed by atoms with Gasteiger partial charge < -0.3 is 14.8 Å². The summed E-state index contributed by atoms with van der Waals surface area (Å²) in [5, 5.41) is 5.36. The highest BCUT2D eigenvalue weighted by molar-refractivity contribution is 6.34. The topological polar surface area (TPSA) is 47.6 Å². The first kappa shape index (κ1) is 18.8. The third kappa shape index (κ3) is 3.84. The van der Waals surface area contributed by atoms with Crippen LogP contribution in [-0.4, -0.2) is 18.8 Å². The van der Waals surface area contributed by atoms with Crippen molar-refractivity contribution in [3.8, 4) is 5.75 Å². The number of fused-ring (bicyclic) bond motifs is 1. The molecule has 1 fully saturated rings. The normalized spacial score (nSPS) is 16.7. The van der Waals surface area contributed by atoms with Gasteiger partial charge in [-0.25, -0.2) is 0 Å². The predicted octanol–water partition coefficient (Wildman–Crippen LogP) is 5.96. The van der Waals surface area contributed by atoms with Crippen LogP contribution in [0.1, 0.15) is 35.2 Å². The Morgan fingerprint density at radius 3 is 2.61 bits per heavy atom. The molecule has 0 aromatic heterocycles. The van der Waals surface area contributed by atoms with Gasteiger partial charge in [-0.3, -0.25) is 4.79 Å². The molecule has 0 spiro atoms. The summed E-state index contributed by atoms with van der Waals surface area (Å²) in [5.74, 6) is 0.297. The summed E-state index contributed by atoms with van der Waals surface area (Å²) in [4.78, 5) is 13.1. The van der Waals surface area contributed by atoms with E-state index in [1.54, 1.807) is 12.1 Å². The van der Waals surface area contributed by atoms with Crippen molar-refractivity contribution in [3.05, 3.63) is 70.7 Å². The van der Waals surface area contributed by atoms with Gasteiger partial charge in [0.1, 0.15) is 5.75 Å². The smallest absolute Gasteiger partial charge is 0.259 e. The minimum atomic E-state index is -0.341. The third-order valence-corrected chi connectivity index (χ3v) is 5.29. The third-order valence-electron chi connectivity index (χ3n) is 4.96. The van der Waals surface area contributed by atoms with Crippen molar-refractivity contribution < 1.29 is 14.3 Å². The Bertz CT molecular complexity index is 1010. The second-order valence-corrected chi connectivity index (χ2v) is 7.37. The molecule has 1 aliphatic rings. The number of carbonyl (C=O) groups is 1. The average Bonchev–Trinajstić information content (AvgIpc) is 2.72. The first-order chi connectivity index (χ1) is 13.6. The van der Waals surface area contributed by atoms with E-state index in [1.807, 2.05) is 49.4 Å². The Balaban J connectivity index is 1.76. The summed E-state index contributed by atoms with van der Waals surface area (Å²) >= 11 is 6.21. The van der Waals surface area contributed by atoms with E-state index in [1.165, 1.54) is 0 Å². The molecule has 0 radical (unpaired) electrons. The summed E-state index contributed by atoms with van der Waals surface area (Å²) in [6, 6.07) is 17.0. The van der Waals surface area contributed by atoms with Crippen LogP contribution in [0.15, 0.2) is 54.6 Å². The maximum absolute atomic E-state index is 13.1. The van der Waals surface area contributed by atoms with Crippen LogP contribution in [0, 0.1) is 6.92 Å². The van der Waals surface area contributed by atoms with E-state index < -0.39 is 0 Å². The molecule has 0 bridgehead atoms. The fourth-order valence-corrected chi connectivity index (χ4v) is 3.70. The molecule has 1 aliphatic heterocycles. The lowest BCUT2D eigenvalue weighted by molar-refractivity contribution is -0.105. The van der Waals surface area contributed by atoms with Gasteiger partial charge in [0.15, 0.2) is 6.29 Å². The van der Waals surface area contributed by atoms with Gasteiger partial charge in [-0.15, -0.1) is 0 Å². The van der Waals surface area contributed by atoms with E-state index >= 15 is 0 Å². The Morgan fingerprint density at radius 1 is 1.11 bits per heavy atom. The number of carbonyl (C=O) groups excluding carboxylic acids is 1. The number of hydrogen-bond donors (Lipinski definition) is 1. The molecule has 3 aromatic rings. The number of benzene rings is 3. The minimum Gasteiger partial charge on any atom is -0.463 e. The second kappa shape index (κ2) is 8.21. The highest BCUT2D eigenvalue weighted by Gasteiger charge is 2.23. The predicted molar refractivity (Wildman–Crippen MR) is 112 cm³/mol. The molecule has 1 atom stereocenters. The van der Waals surface area contributed by atoms with Crippen LogP contribution < -0.4 is 10.1 Å². The fraction of sp³-hybridized carbons (Fsp3) is 0.261. The van der Waals surface area contributed by atoms with Gasteiger partial charge in [-0.05, 0) is 48.9 Å². The van der Waals surface area contributed by atoms with E-state index in [2.05, 4.69) is 5.32 Å². The zero-order valence-electron chi connectivity index (χ0n) is 15.7. The molecule has 4 rings (SSSR count). The number of para-hydroxylation sites is 1. The number of ether oxygens (including phenoxy) is 2. The van der Waals surface area contributed by atoms with Gasteiger partial charge in [0.2, 0.25) is 0 Å². The van der Waals surface area contributed by atoms with Crippen molar-refractivity contribution in [2.45, 2.75) is 32.5 Å². The molecule has 1 amide bonds. The molecule has 1 heterocycles. The van der Waals surface area contributed by atoms with Crippen molar-refractivity contribution in [2.75, 3.05) is 11.9 Å². The van der Waals surface area contributed by atoms with Gasteiger partial charge in [-0.1, -0.05) is 48.0 Å². The van der Waals surface area contributed by atoms with E-state index in [4.69, 9.17) is 21.1 Å². The minimum absolute atomic E-state index is 0.257. The van der Waals surface area contributed by atoms with Crippen molar-refractivity contribution in [2.24, 2.45) is 0 Å². The lowest BCUT2D eigenvalue weighted by Gasteiger charge is -2.25. The molecule has 28 heavy (non-hydrogen) atoms. The summed E-state index contributed by atoms with van der Waals surface area (Å²) < 4.78 is 12.0. The number of aryl methyl sites for hydroxylation is 1. The SMILES string of the molecule is Cc1cc(C(=O)Nc2ccccc2Cl)c(OC2CCCCO2)c2ccccc12. The van der Waals surface area contributed by atoms with Crippen molar-refractivity contribution >= 4 is 34.0 Å². The Labute approximate surface area is 169 Å². The van der Waals surface area contributed by atoms with E-state index in [9.17, 15) is 4.79 Å². The zero-order chi connectivity index (χ0) is 19.5. The molecule has 1 unspecified atom stereocenters. The summed E-state index contributed by atoms with van der Waals surface area (Å²) in [5.41, 5.74) is 2.06. The van der Waals surface area contributed by atoms with Gasteiger partial charge >= 0.3 is 0 Å². The van der Waals surface area contributed by atoms with Crippen LogP contribution in [0.25, 0.3) is 10.8 Å². The Morgan fingerprint density at radius 2 is 1.86 bits per heavy atom.